The van der Waals surface area contributed by atoms with E-state index in [0.29, 0.717) is 17.4 Å². The van der Waals surface area contributed by atoms with Crippen LogP contribution in [0, 0.1) is 6.92 Å². The molecule has 0 spiro atoms. The number of halogens is 2. The highest BCUT2D eigenvalue weighted by Crippen LogP contribution is 2.23. The Morgan fingerprint density at radius 3 is 2.84 bits per heavy atom. The van der Waals surface area contributed by atoms with E-state index in [4.69, 9.17) is 23.2 Å². The maximum atomic E-state index is 6.06. The largest absolute Gasteiger partial charge is 0.320 e. The maximum Gasteiger partial charge on any atom is 0.125 e. The highest BCUT2D eigenvalue weighted by Gasteiger charge is 2.12. The highest BCUT2D eigenvalue weighted by atomic mass is 35.5. The predicted octanol–water partition coefficient (Wildman–Crippen LogP) is 4.24. The van der Waals surface area contributed by atoms with Crippen LogP contribution in [0.2, 0.25) is 5.02 Å². The summed E-state index contributed by atoms with van der Waals surface area (Å²) in [6.07, 6.45) is 0. The predicted molar refractivity (Wildman–Crippen MR) is 80.3 cm³/mol. The number of imidazole rings is 1. The molecule has 0 radical (unpaired) electrons. The zero-order chi connectivity index (χ0) is 13.4. The van der Waals surface area contributed by atoms with Crippen molar-refractivity contribution in [3.05, 3.63) is 45.1 Å². The summed E-state index contributed by atoms with van der Waals surface area (Å²) in [6, 6.07) is 5.67. The van der Waals surface area contributed by atoms with Crippen LogP contribution < -0.4 is 0 Å². The average Bonchev–Trinajstić information content (AvgIpc) is 2.94. The molecule has 0 unspecified atom stereocenters. The molecule has 0 aliphatic rings. The topological polar surface area (TPSA) is 30.7 Å². The van der Waals surface area contributed by atoms with Crippen LogP contribution in [0.15, 0.2) is 23.6 Å². The van der Waals surface area contributed by atoms with Gasteiger partial charge in [-0.1, -0.05) is 11.6 Å². The van der Waals surface area contributed by atoms with Crippen molar-refractivity contribution in [1.82, 2.24) is 14.5 Å². The van der Waals surface area contributed by atoms with E-state index < -0.39 is 0 Å². The molecule has 2 heterocycles. The lowest BCUT2D eigenvalue weighted by molar-refractivity contribution is 0.771. The molecule has 0 atom stereocenters. The van der Waals surface area contributed by atoms with E-state index >= 15 is 0 Å². The van der Waals surface area contributed by atoms with E-state index in [1.165, 1.54) is 0 Å². The summed E-state index contributed by atoms with van der Waals surface area (Å²) in [5, 5.41) is 3.79. The maximum absolute atomic E-state index is 6.06. The van der Waals surface area contributed by atoms with Gasteiger partial charge in [0.15, 0.2) is 0 Å². The molecule has 19 heavy (non-hydrogen) atoms. The Hall–Kier alpha value is -1.10. The van der Waals surface area contributed by atoms with Crippen molar-refractivity contribution < 1.29 is 0 Å². The van der Waals surface area contributed by atoms with E-state index in [9.17, 15) is 0 Å². The van der Waals surface area contributed by atoms with Crippen LogP contribution in [0.1, 0.15) is 16.5 Å². The second-order valence-electron chi connectivity index (χ2n) is 4.26. The zero-order valence-electron chi connectivity index (χ0n) is 10.2. The van der Waals surface area contributed by atoms with Gasteiger partial charge < -0.3 is 4.57 Å². The van der Waals surface area contributed by atoms with Crippen LogP contribution in [0.3, 0.4) is 0 Å². The molecule has 2 aromatic heterocycles. The summed E-state index contributed by atoms with van der Waals surface area (Å²) in [4.78, 5) is 9.01. The summed E-state index contributed by atoms with van der Waals surface area (Å²) in [6.45, 7) is 2.67. The van der Waals surface area contributed by atoms with E-state index in [1.807, 2.05) is 30.5 Å². The van der Waals surface area contributed by atoms with E-state index in [1.54, 1.807) is 11.3 Å². The minimum Gasteiger partial charge on any atom is -0.320 e. The number of fused-ring (bicyclic) bond motifs is 1. The Morgan fingerprint density at radius 2 is 2.16 bits per heavy atom. The normalized spacial score (nSPS) is 11.3. The Kier molecular flexibility index (Phi) is 3.48. The number of nitrogens with zero attached hydrogens (tertiary/aromatic N) is 3. The second kappa shape index (κ2) is 5.12. The van der Waals surface area contributed by atoms with Crippen molar-refractivity contribution in [2.45, 2.75) is 19.3 Å². The molecule has 0 aliphatic carbocycles. The van der Waals surface area contributed by atoms with Crippen LogP contribution in [0.4, 0.5) is 0 Å². The SMILES string of the molecule is Cc1csc(Cn2c(CCl)nc3ccc(Cl)cc32)n1. The lowest BCUT2D eigenvalue weighted by Crippen LogP contribution is -2.03. The number of aryl methyl sites for hydroxylation is 1. The molecule has 0 fully saturated rings. The summed E-state index contributed by atoms with van der Waals surface area (Å²) in [5.41, 5.74) is 2.94. The molecule has 1 aromatic carbocycles. The van der Waals surface area contributed by atoms with Gasteiger partial charge in [-0.25, -0.2) is 9.97 Å². The lowest BCUT2D eigenvalue weighted by atomic mass is 10.3. The third-order valence-electron chi connectivity index (χ3n) is 2.87. The lowest BCUT2D eigenvalue weighted by Gasteiger charge is -2.05. The summed E-state index contributed by atoms with van der Waals surface area (Å²) >= 11 is 13.7. The van der Waals surface area contributed by atoms with Crippen LogP contribution in [0.5, 0.6) is 0 Å². The van der Waals surface area contributed by atoms with Crippen LogP contribution >= 0.6 is 34.5 Å². The van der Waals surface area contributed by atoms with E-state index in [2.05, 4.69) is 14.5 Å². The minimum absolute atomic E-state index is 0.372. The van der Waals surface area contributed by atoms with Crippen molar-refractivity contribution in [1.29, 1.82) is 0 Å². The number of benzene rings is 1. The van der Waals surface area contributed by atoms with Gasteiger partial charge in [-0.05, 0) is 25.1 Å². The average molecular weight is 312 g/mol. The van der Waals surface area contributed by atoms with Gasteiger partial charge in [0, 0.05) is 16.1 Å². The first kappa shape index (κ1) is 12.9. The fourth-order valence-corrected chi connectivity index (χ4v) is 3.16. The van der Waals surface area contributed by atoms with Gasteiger partial charge in [0.1, 0.15) is 10.8 Å². The number of hydrogen-bond donors (Lipinski definition) is 0. The van der Waals surface area contributed by atoms with Gasteiger partial charge in [-0.2, -0.15) is 0 Å². The van der Waals surface area contributed by atoms with E-state index in [0.717, 1.165) is 27.6 Å². The first-order valence-electron chi connectivity index (χ1n) is 5.79. The number of aromatic nitrogens is 3. The fraction of sp³-hybridized carbons (Fsp3) is 0.231. The zero-order valence-corrected chi connectivity index (χ0v) is 12.6. The highest BCUT2D eigenvalue weighted by molar-refractivity contribution is 7.09. The molecule has 0 aliphatic heterocycles. The van der Waals surface area contributed by atoms with Crippen LogP contribution in [-0.2, 0) is 12.4 Å². The van der Waals surface area contributed by atoms with Crippen LogP contribution in [0.25, 0.3) is 11.0 Å². The van der Waals surface area contributed by atoms with Crippen LogP contribution in [-0.4, -0.2) is 14.5 Å². The molecule has 6 heteroatoms. The summed E-state index contributed by atoms with van der Waals surface area (Å²) in [5.74, 6) is 1.21. The molecular weight excluding hydrogens is 301 g/mol. The number of rotatable bonds is 3. The molecule has 0 amide bonds. The van der Waals surface area contributed by atoms with Crippen molar-refractivity contribution in [2.24, 2.45) is 0 Å². The second-order valence-corrected chi connectivity index (χ2v) is 5.91. The Bertz CT molecular complexity index is 733. The first-order chi connectivity index (χ1) is 9.17. The van der Waals surface area contributed by atoms with Crippen molar-refractivity contribution in [3.8, 4) is 0 Å². The van der Waals surface area contributed by atoms with Crippen molar-refractivity contribution in [2.75, 3.05) is 0 Å². The standard InChI is InChI=1S/C13H11Cl2N3S/c1-8-7-19-13(16-8)6-18-11-4-9(15)2-3-10(11)17-12(18)5-14/h2-4,7H,5-6H2,1H3. The molecule has 98 valence electrons. The Balaban J connectivity index is 2.12. The smallest absolute Gasteiger partial charge is 0.125 e. The molecule has 3 aromatic rings. The Labute approximate surface area is 124 Å². The van der Waals surface area contributed by atoms with Crippen molar-refractivity contribution >= 4 is 45.6 Å². The minimum atomic E-state index is 0.372. The summed E-state index contributed by atoms with van der Waals surface area (Å²) in [7, 11) is 0. The van der Waals surface area contributed by atoms with Gasteiger partial charge in [-0.3, -0.25) is 0 Å². The number of alkyl halides is 1. The monoisotopic (exact) mass is 311 g/mol. The molecule has 0 bridgehead atoms. The third kappa shape index (κ3) is 2.48. The first-order valence-corrected chi connectivity index (χ1v) is 7.58. The molecule has 3 nitrogen and oxygen atoms in total. The molecular formula is C13H11Cl2N3S. The van der Waals surface area contributed by atoms with Gasteiger partial charge in [0.25, 0.3) is 0 Å². The van der Waals surface area contributed by atoms with Gasteiger partial charge in [0.2, 0.25) is 0 Å². The molecule has 0 N–H and O–H groups in total. The third-order valence-corrected chi connectivity index (χ3v) is 4.29. The number of hydrogen-bond acceptors (Lipinski definition) is 3. The van der Waals surface area contributed by atoms with Gasteiger partial charge in [-0.15, -0.1) is 22.9 Å². The summed E-state index contributed by atoms with van der Waals surface area (Å²) < 4.78 is 2.08. The Morgan fingerprint density at radius 1 is 1.32 bits per heavy atom. The number of thiazole rings is 1. The quantitative estimate of drug-likeness (QED) is 0.677. The molecule has 0 saturated heterocycles. The molecule has 0 saturated carbocycles. The molecule has 3 rings (SSSR count). The fourth-order valence-electron chi connectivity index (χ4n) is 2.03. The van der Waals surface area contributed by atoms with Crippen molar-refractivity contribution in [3.63, 3.8) is 0 Å². The van der Waals surface area contributed by atoms with Gasteiger partial charge in [0.05, 0.1) is 23.5 Å². The van der Waals surface area contributed by atoms with E-state index in [-0.39, 0.29) is 0 Å². The van der Waals surface area contributed by atoms with Gasteiger partial charge >= 0.3 is 0 Å².